The van der Waals surface area contributed by atoms with Crippen molar-refractivity contribution in [2.45, 2.75) is 24.9 Å². The Balaban J connectivity index is 1.68. The molecule has 0 bridgehead atoms. The second kappa shape index (κ2) is 3.28. The summed E-state index contributed by atoms with van der Waals surface area (Å²) < 4.78 is 0. The third-order valence-electron chi connectivity index (χ3n) is 3.43. The van der Waals surface area contributed by atoms with Crippen LogP contribution in [0.25, 0.3) is 0 Å². The van der Waals surface area contributed by atoms with Crippen molar-refractivity contribution in [1.29, 1.82) is 0 Å². The highest BCUT2D eigenvalue weighted by molar-refractivity contribution is 5.10. The molecule has 15 heavy (non-hydrogen) atoms. The van der Waals surface area contributed by atoms with Crippen molar-refractivity contribution < 1.29 is 5.11 Å². The molecule has 0 spiro atoms. The average Bonchev–Trinajstić information content (AvgIpc) is 2.74. The first-order valence-electron chi connectivity index (χ1n) is 5.57. The van der Waals surface area contributed by atoms with Gasteiger partial charge in [0.15, 0.2) is 0 Å². The van der Waals surface area contributed by atoms with Crippen LogP contribution in [0.2, 0.25) is 0 Å². The standard InChI is InChI=1S/C10H16N4O/c15-10(9-5-11-13-12-9)3-4-14(7-10)6-8-1-2-8/h5,8,15H,1-4,6-7H2,(H,11,12,13)/t10-/m1/s1. The van der Waals surface area contributed by atoms with Gasteiger partial charge in [-0.1, -0.05) is 0 Å². The summed E-state index contributed by atoms with van der Waals surface area (Å²) in [6.45, 7) is 2.82. The molecule has 0 unspecified atom stereocenters. The predicted octanol–water partition coefficient (Wildman–Crippen LogP) is 0.108. The molecule has 5 nitrogen and oxygen atoms in total. The molecular weight excluding hydrogens is 192 g/mol. The molecule has 2 fully saturated rings. The number of β-amino-alcohol motifs (C(OH)–C–C–N with tert-alkyl or cyclic N) is 1. The molecule has 2 heterocycles. The third-order valence-corrected chi connectivity index (χ3v) is 3.43. The van der Waals surface area contributed by atoms with E-state index in [0.717, 1.165) is 25.4 Å². The zero-order valence-corrected chi connectivity index (χ0v) is 8.69. The highest BCUT2D eigenvalue weighted by atomic mass is 16.3. The summed E-state index contributed by atoms with van der Waals surface area (Å²) >= 11 is 0. The molecule has 1 aromatic heterocycles. The second-order valence-corrected chi connectivity index (χ2v) is 4.82. The largest absolute Gasteiger partial charge is 0.382 e. The fourth-order valence-electron chi connectivity index (χ4n) is 2.33. The Morgan fingerprint density at radius 1 is 1.60 bits per heavy atom. The number of hydrogen-bond donors (Lipinski definition) is 2. The molecule has 2 aliphatic rings. The lowest BCUT2D eigenvalue weighted by Gasteiger charge is -2.20. The van der Waals surface area contributed by atoms with Crippen LogP contribution < -0.4 is 0 Å². The Morgan fingerprint density at radius 3 is 3.13 bits per heavy atom. The predicted molar refractivity (Wildman–Crippen MR) is 54.1 cm³/mol. The van der Waals surface area contributed by atoms with Gasteiger partial charge in [-0.15, -0.1) is 0 Å². The van der Waals surface area contributed by atoms with Gasteiger partial charge in [0.25, 0.3) is 0 Å². The molecule has 3 rings (SSSR count). The maximum Gasteiger partial charge on any atom is 0.124 e. The van der Waals surface area contributed by atoms with E-state index in [2.05, 4.69) is 20.3 Å². The molecule has 0 radical (unpaired) electrons. The van der Waals surface area contributed by atoms with Gasteiger partial charge >= 0.3 is 0 Å². The quantitative estimate of drug-likeness (QED) is 0.740. The maximum absolute atomic E-state index is 10.4. The number of aromatic nitrogens is 3. The number of aliphatic hydroxyl groups is 1. The van der Waals surface area contributed by atoms with E-state index in [1.165, 1.54) is 12.8 Å². The van der Waals surface area contributed by atoms with Crippen molar-refractivity contribution in [2.24, 2.45) is 5.92 Å². The average molecular weight is 208 g/mol. The topological polar surface area (TPSA) is 65.0 Å². The van der Waals surface area contributed by atoms with Crippen LogP contribution in [0.3, 0.4) is 0 Å². The zero-order chi connectivity index (χ0) is 10.3. The van der Waals surface area contributed by atoms with Crippen molar-refractivity contribution in [2.75, 3.05) is 19.6 Å². The van der Waals surface area contributed by atoms with Crippen LogP contribution in [-0.4, -0.2) is 45.1 Å². The van der Waals surface area contributed by atoms with E-state index in [9.17, 15) is 5.11 Å². The first-order chi connectivity index (χ1) is 7.26. The molecule has 5 heteroatoms. The van der Waals surface area contributed by atoms with E-state index >= 15 is 0 Å². The van der Waals surface area contributed by atoms with Gasteiger partial charge in [-0.25, -0.2) is 0 Å². The lowest BCUT2D eigenvalue weighted by molar-refractivity contribution is 0.0412. The molecule has 1 saturated heterocycles. The normalized spacial score (nSPS) is 32.3. The first-order valence-corrected chi connectivity index (χ1v) is 5.57. The monoisotopic (exact) mass is 208 g/mol. The van der Waals surface area contributed by atoms with Crippen molar-refractivity contribution in [3.8, 4) is 0 Å². The number of nitrogens with one attached hydrogen (secondary N) is 1. The number of likely N-dealkylation sites (tertiary alicyclic amines) is 1. The number of rotatable bonds is 3. The molecule has 1 aromatic rings. The van der Waals surface area contributed by atoms with E-state index in [-0.39, 0.29) is 0 Å². The zero-order valence-electron chi connectivity index (χ0n) is 8.69. The molecule has 0 aromatic carbocycles. The summed E-state index contributed by atoms with van der Waals surface area (Å²) in [4.78, 5) is 2.34. The fraction of sp³-hybridized carbons (Fsp3) is 0.800. The molecule has 1 aliphatic carbocycles. The van der Waals surface area contributed by atoms with Crippen LogP contribution in [0.5, 0.6) is 0 Å². The Bertz CT molecular complexity index is 335. The Morgan fingerprint density at radius 2 is 2.47 bits per heavy atom. The Hall–Kier alpha value is -0.940. The Labute approximate surface area is 88.5 Å². The van der Waals surface area contributed by atoms with Crippen LogP contribution in [0.15, 0.2) is 6.20 Å². The highest BCUT2D eigenvalue weighted by Crippen LogP contribution is 2.35. The maximum atomic E-state index is 10.4. The van der Waals surface area contributed by atoms with Crippen LogP contribution in [0, 0.1) is 5.92 Å². The van der Waals surface area contributed by atoms with E-state index in [1.807, 2.05) is 0 Å². The summed E-state index contributed by atoms with van der Waals surface area (Å²) in [7, 11) is 0. The lowest BCUT2D eigenvalue weighted by Crippen LogP contribution is -2.32. The second-order valence-electron chi connectivity index (χ2n) is 4.82. The number of H-pyrrole nitrogens is 1. The van der Waals surface area contributed by atoms with Crippen molar-refractivity contribution in [3.63, 3.8) is 0 Å². The van der Waals surface area contributed by atoms with E-state index < -0.39 is 5.60 Å². The van der Waals surface area contributed by atoms with Crippen LogP contribution in [-0.2, 0) is 5.60 Å². The van der Waals surface area contributed by atoms with Crippen LogP contribution in [0.4, 0.5) is 0 Å². The van der Waals surface area contributed by atoms with Crippen LogP contribution in [0.1, 0.15) is 25.0 Å². The van der Waals surface area contributed by atoms with Gasteiger partial charge in [-0.3, -0.25) is 4.90 Å². The van der Waals surface area contributed by atoms with E-state index in [1.54, 1.807) is 6.20 Å². The van der Waals surface area contributed by atoms with Gasteiger partial charge < -0.3 is 5.11 Å². The summed E-state index contributed by atoms with van der Waals surface area (Å²) in [5.74, 6) is 0.879. The van der Waals surface area contributed by atoms with E-state index in [0.29, 0.717) is 12.2 Å². The van der Waals surface area contributed by atoms with Gasteiger partial charge in [0, 0.05) is 19.6 Å². The molecule has 0 amide bonds. The minimum atomic E-state index is -0.776. The molecule has 82 valence electrons. The van der Waals surface area contributed by atoms with Gasteiger partial charge in [0.1, 0.15) is 11.3 Å². The summed E-state index contributed by atoms with van der Waals surface area (Å²) in [6.07, 6.45) is 5.12. The molecule has 1 atom stereocenters. The lowest BCUT2D eigenvalue weighted by atomic mass is 10.0. The number of hydrogen-bond acceptors (Lipinski definition) is 4. The van der Waals surface area contributed by atoms with Crippen molar-refractivity contribution in [3.05, 3.63) is 11.9 Å². The van der Waals surface area contributed by atoms with E-state index in [4.69, 9.17) is 0 Å². The minimum Gasteiger partial charge on any atom is -0.382 e. The molecule has 1 aliphatic heterocycles. The summed E-state index contributed by atoms with van der Waals surface area (Å²) in [6, 6.07) is 0. The van der Waals surface area contributed by atoms with Gasteiger partial charge in [0.2, 0.25) is 0 Å². The molecule has 1 saturated carbocycles. The number of nitrogens with zero attached hydrogens (tertiary/aromatic N) is 3. The fourth-order valence-corrected chi connectivity index (χ4v) is 2.33. The number of aromatic amines is 1. The van der Waals surface area contributed by atoms with Crippen LogP contribution >= 0.6 is 0 Å². The highest BCUT2D eigenvalue weighted by Gasteiger charge is 2.41. The Kier molecular flexibility index (Phi) is 2.03. The summed E-state index contributed by atoms with van der Waals surface area (Å²) in [5, 5.41) is 20.7. The van der Waals surface area contributed by atoms with Crippen molar-refractivity contribution >= 4 is 0 Å². The van der Waals surface area contributed by atoms with Crippen molar-refractivity contribution in [1.82, 2.24) is 20.3 Å². The molecular formula is C10H16N4O. The smallest absolute Gasteiger partial charge is 0.124 e. The van der Waals surface area contributed by atoms with Gasteiger partial charge in [-0.2, -0.15) is 15.4 Å². The minimum absolute atomic E-state index is 0.681. The van der Waals surface area contributed by atoms with Gasteiger partial charge in [-0.05, 0) is 25.2 Å². The molecule has 2 N–H and O–H groups in total. The summed E-state index contributed by atoms with van der Waals surface area (Å²) in [5.41, 5.74) is -0.0946. The third kappa shape index (κ3) is 1.77. The van der Waals surface area contributed by atoms with Gasteiger partial charge in [0.05, 0.1) is 6.20 Å². The first kappa shape index (κ1) is 9.30. The SMILES string of the molecule is O[C@]1(c2cn[nH]n2)CCN(CC2CC2)C1.